The molecule has 0 bridgehead atoms. The highest BCUT2D eigenvalue weighted by atomic mass is 16.3. The molecule has 0 radical (unpaired) electrons. The predicted molar refractivity (Wildman–Crippen MR) is 92.5 cm³/mol. The Balaban J connectivity index is 1.44. The third kappa shape index (κ3) is 3.14. The van der Waals surface area contributed by atoms with E-state index >= 15 is 0 Å². The number of hydrogen-bond donors (Lipinski definition) is 0. The number of rotatable bonds is 4. The van der Waals surface area contributed by atoms with Crippen molar-refractivity contribution in [1.82, 2.24) is 24.3 Å². The average Bonchev–Trinajstić information content (AvgIpc) is 3.23. The van der Waals surface area contributed by atoms with Gasteiger partial charge in [0.15, 0.2) is 0 Å². The molecule has 0 amide bonds. The summed E-state index contributed by atoms with van der Waals surface area (Å²) in [7, 11) is 2.20. The van der Waals surface area contributed by atoms with Gasteiger partial charge in [0.05, 0.1) is 24.5 Å². The molecular formula is C18H27N5O. The number of piperazine rings is 1. The van der Waals surface area contributed by atoms with Gasteiger partial charge in [-0.3, -0.25) is 9.80 Å². The Bertz CT molecular complexity index is 657. The van der Waals surface area contributed by atoms with E-state index in [0.717, 1.165) is 58.1 Å². The summed E-state index contributed by atoms with van der Waals surface area (Å²) >= 11 is 0. The molecular weight excluding hydrogens is 302 g/mol. The highest BCUT2D eigenvalue weighted by Crippen LogP contribution is 2.27. The highest BCUT2D eigenvalue weighted by molar-refractivity contribution is 5.12. The van der Waals surface area contributed by atoms with Crippen LogP contribution < -0.4 is 0 Å². The molecule has 0 unspecified atom stereocenters. The topological polar surface area (TPSA) is 40.7 Å². The van der Waals surface area contributed by atoms with Crippen molar-refractivity contribution in [3.05, 3.63) is 41.9 Å². The maximum absolute atomic E-state index is 5.51. The van der Waals surface area contributed by atoms with Crippen molar-refractivity contribution in [2.75, 3.05) is 39.8 Å². The summed E-state index contributed by atoms with van der Waals surface area (Å²) < 4.78 is 7.94. The molecule has 1 atom stereocenters. The second-order valence-corrected chi connectivity index (χ2v) is 7.06. The fraction of sp³-hybridized carbons (Fsp3) is 0.611. The highest BCUT2D eigenvalue weighted by Gasteiger charge is 2.28. The van der Waals surface area contributed by atoms with E-state index < -0.39 is 0 Å². The Kier molecular flexibility index (Phi) is 4.43. The smallest absolute Gasteiger partial charge is 0.126 e. The standard InChI is InChI=1S/C18H27N5O/c1-15-18-19-12-16(13-21-7-5-20(2)6-8-21)23(18)10-9-22(15)14-17-4-3-11-24-17/h3-4,11-12,15H,5-10,13-14H2,1-2H3/t15-/m1/s1. The van der Waals surface area contributed by atoms with E-state index in [4.69, 9.17) is 9.40 Å². The minimum absolute atomic E-state index is 0.324. The lowest BCUT2D eigenvalue weighted by Crippen LogP contribution is -2.44. The van der Waals surface area contributed by atoms with E-state index in [9.17, 15) is 0 Å². The van der Waals surface area contributed by atoms with Crippen LogP contribution in [0.2, 0.25) is 0 Å². The average molecular weight is 329 g/mol. The first-order valence-corrected chi connectivity index (χ1v) is 8.92. The molecule has 4 rings (SSSR count). The van der Waals surface area contributed by atoms with E-state index in [2.05, 4.69) is 39.4 Å². The molecule has 130 valence electrons. The van der Waals surface area contributed by atoms with Crippen LogP contribution in [0.4, 0.5) is 0 Å². The molecule has 2 aromatic heterocycles. The van der Waals surface area contributed by atoms with E-state index in [-0.39, 0.29) is 0 Å². The maximum Gasteiger partial charge on any atom is 0.126 e. The van der Waals surface area contributed by atoms with Gasteiger partial charge in [-0.05, 0) is 26.1 Å². The molecule has 4 heterocycles. The Hall–Kier alpha value is -1.63. The molecule has 0 aromatic carbocycles. The normalized spacial score (nSPS) is 23.5. The van der Waals surface area contributed by atoms with Crippen LogP contribution in [0.1, 0.15) is 30.2 Å². The largest absolute Gasteiger partial charge is 0.468 e. The zero-order valence-corrected chi connectivity index (χ0v) is 14.7. The van der Waals surface area contributed by atoms with Crippen molar-refractivity contribution in [2.24, 2.45) is 0 Å². The summed E-state index contributed by atoms with van der Waals surface area (Å²) in [5, 5.41) is 0. The molecule has 1 saturated heterocycles. The van der Waals surface area contributed by atoms with Crippen molar-refractivity contribution in [1.29, 1.82) is 0 Å². The number of imidazole rings is 1. The van der Waals surface area contributed by atoms with Gasteiger partial charge >= 0.3 is 0 Å². The van der Waals surface area contributed by atoms with Crippen molar-refractivity contribution < 1.29 is 4.42 Å². The number of furan rings is 1. The van der Waals surface area contributed by atoms with E-state index in [1.165, 1.54) is 11.5 Å². The van der Waals surface area contributed by atoms with Crippen LogP contribution in [0.15, 0.2) is 29.0 Å². The first-order valence-electron chi connectivity index (χ1n) is 8.92. The van der Waals surface area contributed by atoms with Crippen LogP contribution in [0.3, 0.4) is 0 Å². The second-order valence-electron chi connectivity index (χ2n) is 7.06. The summed E-state index contributed by atoms with van der Waals surface area (Å²) in [6.45, 7) is 10.8. The van der Waals surface area contributed by atoms with Crippen LogP contribution in [-0.4, -0.2) is 64.0 Å². The van der Waals surface area contributed by atoms with Crippen molar-refractivity contribution in [3.63, 3.8) is 0 Å². The molecule has 0 saturated carbocycles. The molecule has 1 fully saturated rings. The van der Waals surface area contributed by atoms with Crippen LogP contribution in [0.5, 0.6) is 0 Å². The fourth-order valence-electron chi connectivity index (χ4n) is 3.78. The van der Waals surface area contributed by atoms with Crippen LogP contribution in [-0.2, 0) is 19.6 Å². The van der Waals surface area contributed by atoms with E-state index in [1.807, 2.05) is 12.1 Å². The number of nitrogens with zero attached hydrogens (tertiary/aromatic N) is 5. The Morgan fingerprint density at radius 1 is 1.12 bits per heavy atom. The van der Waals surface area contributed by atoms with Crippen LogP contribution >= 0.6 is 0 Å². The Morgan fingerprint density at radius 2 is 1.96 bits per heavy atom. The third-order valence-corrected chi connectivity index (χ3v) is 5.42. The van der Waals surface area contributed by atoms with Gasteiger partial charge in [-0.15, -0.1) is 0 Å². The summed E-state index contributed by atoms with van der Waals surface area (Å²) in [6.07, 6.45) is 3.83. The second kappa shape index (κ2) is 6.70. The van der Waals surface area contributed by atoms with Gasteiger partial charge in [0.2, 0.25) is 0 Å². The van der Waals surface area contributed by atoms with Gasteiger partial charge in [0, 0.05) is 52.0 Å². The first kappa shape index (κ1) is 15.9. The van der Waals surface area contributed by atoms with Crippen LogP contribution in [0.25, 0.3) is 0 Å². The van der Waals surface area contributed by atoms with Gasteiger partial charge in [-0.25, -0.2) is 4.98 Å². The predicted octanol–water partition coefficient (Wildman–Crippen LogP) is 1.80. The minimum atomic E-state index is 0.324. The van der Waals surface area contributed by atoms with Gasteiger partial charge in [0.1, 0.15) is 11.6 Å². The van der Waals surface area contributed by atoms with E-state index in [1.54, 1.807) is 6.26 Å². The summed E-state index contributed by atoms with van der Waals surface area (Å²) in [4.78, 5) is 12.1. The lowest BCUT2D eigenvalue weighted by molar-refractivity contribution is 0.132. The van der Waals surface area contributed by atoms with E-state index in [0.29, 0.717) is 6.04 Å². The quantitative estimate of drug-likeness (QED) is 0.855. The van der Waals surface area contributed by atoms with Crippen molar-refractivity contribution in [3.8, 4) is 0 Å². The van der Waals surface area contributed by atoms with Gasteiger partial charge in [0.25, 0.3) is 0 Å². The molecule has 0 spiro atoms. The van der Waals surface area contributed by atoms with Crippen molar-refractivity contribution >= 4 is 0 Å². The maximum atomic E-state index is 5.51. The minimum Gasteiger partial charge on any atom is -0.468 e. The molecule has 2 aromatic rings. The fourth-order valence-corrected chi connectivity index (χ4v) is 3.78. The molecule has 0 aliphatic carbocycles. The SMILES string of the molecule is C[C@@H]1c2ncc(CN3CCN(C)CC3)n2CCN1Cc1ccco1. The molecule has 6 nitrogen and oxygen atoms in total. The number of fused-ring (bicyclic) bond motifs is 1. The molecule has 2 aliphatic heterocycles. The lowest BCUT2D eigenvalue weighted by Gasteiger charge is -2.35. The molecule has 6 heteroatoms. The summed E-state index contributed by atoms with van der Waals surface area (Å²) in [5.74, 6) is 2.22. The van der Waals surface area contributed by atoms with Gasteiger partial charge < -0.3 is 13.9 Å². The summed E-state index contributed by atoms with van der Waals surface area (Å²) in [5.41, 5.74) is 1.36. The zero-order chi connectivity index (χ0) is 16.5. The molecule has 0 N–H and O–H groups in total. The third-order valence-electron chi connectivity index (χ3n) is 5.42. The monoisotopic (exact) mass is 329 g/mol. The molecule has 2 aliphatic rings. The Morgan fingerprint density at radius 3 is 2.71 bits per heavy atom. The number of hydrogen-bond acceptors (Lipinski definition) is 5. The van der Waals surface area contributed by atoms with Crippen LogP contribution in [0, 0.1) is 0 Å². The van der Waals surface area contributed by atoms with Gasteiger partial charge in [-0.1, -0.05) is 0 Å². The molecule has 24 heavy (non-hydrogen) atoms. The van der Waals surface area contributed by atoms with Crippen molar-refractivity contribution in [2.45, 2.75) is 32.6 Å². The lowest BCUT2D eigenvalue weighted by atomic mass is 10.2. The summed E-state index contributed by atoms with van der Waals surface area (Å²) in [6, 6.07) is 4.33. The number of aromatic nitrogens is 2. The first-order chi connectivity index (χ1) is 11.7. The zero-order valence-electron chi connectivity index (χ0n) is 14.7. The number of likely N-dealkylation sites (N-methyl/N-ethyl adjacent to an activating group) is 1. The Labute approximate surface area is 143 Å². The van der Waals surface area contributed by atoms with Gasteiger partial charge in [-0.2, -0.15) is 0 Å².